The molecule has 4 nitrogen and oxygen atoms in total. The molecular weight excluding hydrogens is 218 g/mol. The van der Waals surface area contributed by atoms with Crippen molar-refractivity contribution in [2.75, 3.05) is 0 Å². The Labute approximate surface area is 98.1 Å². The van der Waals surface area contributed by atoms with Crippen LogP contribution in [0, 0.1) is 0 Å². The minimum absolute atomic E-state index is 0.0217. The summed E-state index contributed by atoms with van der Waals surface area (Å²) in [6, 6.07) is 8.21. The monoisotopic (exact) mass is 231 g/mol. The molecule has 17 heavy (non-hydrogen) atoms. The predicted molar refractivity (Wildman–Crippen MR) is 65.6 cm³/mol. The van der Waals surface area contributed by atoms with Gasteiger partial charge >= 0.3 is 5.97 Å². The first-order valence-electron chi connectivity index (χ1n) is 5.40. The Hall–Kier alpha value is -2.10. The molecule has 0 saturated carbocycles. The van der Waals surface area contributed by atoms with Crippen LogP contribution in [0.15, 0.2) is 35.1 Å². The average molecular weight is 231 g/mol. The summed E-state index contributed by atoms with van der Waals surface area (Å²) in [6.45, 7) is 3.78. The molecule has 1 N–H and O–H groups in total. The van der Waals surface area contributed by atoms with Crippen LogP contribution in [0.5, 0.6) is 0 Å². The Balaban J connectivity index is 2.98. The molecule has 0 atom stereocenters. The fourth-order valence-corrected chi connectivity index (χ4v) is 2.01. The van der Waals surface area contributed by atoms with Crippen LogP contribution in [-0.2, 0) is 0 Å². The average Bonchev–Trinajstić information content (AvgIpc) is 2.28. The zero-order valence-corrected chi connectivity index (χ0v) is 9.68. The van der Waals surface area contributed by atoms with Gasteiger partial charge in [-0.15, -0.1) is 0 Å². The van der Waals surface area contributed by atoms with Gasteiger partial charge in [-0.25, -0.2) is 4.79 Å². The van der Waals surface area contributed by atoms with Gasteiger partial charge in [-0.1, -0.05) is 12.1 Å². The second-order valence-electron chi connectivity index (χ2n) is 4.18. The number of hydrogen-bond acceptors (Lipinski definition) is 2. The lowest BCUT2D eigenvalue weighted by molar-refractivity contribution is 0.0683. The van der Waals surface area contributed by atoms with E-state index in [0.717, 1.165) is 0 Å². The smallest absolute Gasteiger partial charge is 0.352 e. The van der Waals surface area contributed by atoms with E-state index in [1.54, 1.807) is 28.8 Å². The molecule has 0 unspecified atom stereocenters. The number of benzene rings is 1. The van der Waals surface area contributed by atoms with E-state index < -0.39 is 5.97 Å². The first-order valence-corrected chi connectivity index (χ1v) is 5.40. The van der Waals surface area contributed by atoms with Crippen LogP contribution < -0.4 is 5.43 Å². The fourth-order valence-electron chi connectivity index (χ4n) is 2.01. The van der Waals surface area contributed by atoms with Crippen molar-refractivity contribution in [3.63, 3.8) is 0 Å². The standard InChI is InChI=1S/C13H13NO3/c1-8(2)14-10-6-4-3-5-9(10)12(15)7-11(14)13(16)17/h3-8H,1-2H3,(H,16,17). The lowest BCUT2D eigenvalue weighted by atomic mass is 10.1. The quantitative estimate of drug-likeness (QED) is 0.862. The largest absolute Gasteiger partial charge is 0.477 e. The second-order valence-corrected chi connectivity index (χ2v) is 4.18. The number of carbonyl (C=O) groups is 1. The molecule has 0 saturated heterocycles. The molecule has 1 aromatic carbocycles. The number of pyridine rings is 1. The number of hydrogen-bond donors (Lipinski definition) is 1. The highest BCUT2D eigenvalue weighted by atomic mass is 16.4. The van der Waals surface area contributed by atoms with E-state index in [9.17, 15) is 9.59 Å². The molecule has 1 heterocycles. The Morgan fingerprint density at radius 1 is 1.29 bits per heavy atom. The third-order valence-electron chi connectivity index (χ3n) is 2.69. The maximum atomic E-state index is 11.8. The summed E-state index contributed by atoms with van der Waals surface area (Å²) in [7, 11) is 0. The minimum Gasteiger partial charge on any atom is -0.477 e. The van der Waals surface area contributed by atoms with Crippen molar-refractivity contribution in [2.24, 2.45) is 0 Å². The van der Waals surface area contributed by atoms with Gasteiger partial charge in [-0.2, -0.15) is 0 Å². The molecule has 0 bridgehead atoms. The molecule has 0 aliphatic rings. The molecule has 1 aromatic heterocycles. The van der Waals surface area contributed by atoms with Crippen LogP contribution in [0.1, 0.15) is 30.4 Å². The zero-order chi connectivity index (χ0) is 12.6. The minimum atomic E-state index is -1.08. The summed E-state index contributed by atoms with van der Waals surface area (Å²) in [5, 5.41) is 9.69. The van der Waals surface area contributed by atoms with E-state index >= 15 is 0 Å². The molecule has 2 aromatic rings. The first kappa shape index (κ1) is 11.4. The number of nitrogens with zero attached hydrogens (tertiary/aromatic N) is 1. The van der Waals surface area contributed by atoms with Gasteiger partial charge in [0.2, 0.25) is 0 Å². The van der Waals surface area contributed by atoms with E-state index in [1.807, 2.05) is 13.8 Å². The van der Waals surface area contributed by atoms with Crippen molar-refractivity contribution in [3.05, 3.63) is 46.2 Å². The summed E-state index contributed by atoms with van der Waals surface area (Å²) in [4.78, 5) is 23.0. The first-order chi connectivity index (χ1) is 8.02. The van der Waals surface area contributed by atoms with Crippen LogP contribution >= 0.6 is 0 Å². The third-order valence-corrected chi connectivity index (χ3v) is 2.69. The lowest BCUT2D eigenvalue weighted by Gasteiger charge is -2.17. The molecular formula is C13H13NO3. The van der Waals surface area contributed by atoms with E-state index in [4.69, 9.17) is 5.11 Å². The van der Waals surface area contributed by atoms with Gasteiger partial charge < -0.3 is 9.67 Å². The topological polar surface area (TPSA) is 59.3 Å². The Morgan fingerprint density at radius 3 is 2.53 bits per heavy atom. The number of fused-ring (bicyclic) bond motifs is 1. The summed E-state index contributed by atoms with van der Waals surface area (Å²) in [5.74, 6) is -1.08. The van der Waals surface area contributed by atoms with E-state index in [-0.39, 0.29) is 17.2 Å². The lowest BCUT2D eigenvalue weighted by Crippen LogP contribution is -2.19. The normalized spacial score (nSPS) is 11.0. The third kappa shape index (κ3) is 1.82. The van der Waals surface area contributed by atoms with E-state index in [1.165, 1.54) is 6.07 Å². The Kier molecular flexibility index (Phi) is 2.71. The predicted octanol–water partition coefficient (Wildman–Crippen LogP) is 2.28. The van der Waals surface area contributed by atoms with Gasteiger partial charge in [-0.05, 0) is 26.0 Å². The molecule has 0 spiro atoms. The van der Waals surface area contributed by atoms with Crippen LogP contribution in [0.3, 0.4) is 0 Å². The highest BCUT2D eigenvalue weighted by molar-refractivity contribution is 5.90. The molecule has 0 aliphatic carbocycles. The summed E-state index contributed by atoms with van der Waals surface area (Å²) in [6.07, 6.45) is 0. The number of aromatic nitrogens is 1. The van der Waals surface area contributed by atoms with Crippen molar-refractivity contribution < 1.29 is 9.90 Å². The van der Waals surface area contributed by atoms with Crippen LogP contribution in [0.2, 0.25) is 0 Å². The molecule has 0 aliphatic heterocycles. The molecule has 4 heteroatoms. The van der Waals surface area contributed by atoms with Crippen LogP contribution in [-0.4, -0.2) is 15.6 Å². The highest BCUT2D eigenvalue weighted by Crippen LogP contribution is 2.18. The van der Waals surface area contributed by atoms with Crippen molar-refractivity contribution in [3.8, 4) is 0 Å². The molecule has 88 valence electrons. The number of para-hydroxylation sites is 1. The van der Waals surface area contributed by atoms with Crippen molar-refractivity contribution >= 4 is 16.9 Å². The van der Waals surface area contributed by atoms with Crippen LogP contribution in [0.4, 0.5) is 0 Å². The Bertz CT molecular complexity index is 641. The summed E-state index contributed by atoms with van der Waals surface area (Å²) >= 11 is 0. The summed E-state index contributed by atoms with van der Waals surface area (Å²) in [5.41, 5.74) is 0.436. The van der Waals surface area contributed by atoms with Gasteiger partial charge in [0, 0.05) is 17.5 Å². The second kappa shape index (κ2) is 4.05. The van der Waals surface area contributed by atoms with E-state index in [2.05, 4.69) is 0 Å². The summed E-state index contributed by atoms with van der Waals surface area (Å²) < 4.78 is 1.67. The van der Waals surface area contributed by atoms with Crippen molar-refractivity contribution in [1.29, 1.82) is 0 Å². The number of carboxylic acid groups (broad SMARTS) is 1. The maximum Gasteiger partial charge on any atom is 0.352 e. The molecule has 0 radical (unpaired) electrons. The van der Waals surface area contributed by atoms with Crippen molar-refractivity contribution in [2.45, 2.75) is 19.9 Å². The molecule has 0 amide bonds. The van der Waals surface area contributed by atoms with Crippen LogP contribution in [0.25, 0.3) is 10.9 Å². The number of carboxylic acids is 1. The SMILES string of the molecule is CC(C)n1c(C(=O)O)cc(=O)c2ccccc21. The number of rotatable bonds is 2. The Morgan fingerprint density at radius 2 is 1.94 bits per heavy atom. The van der Waals surface area contributed by atoms with Gasteiger partial charge in [0.1, 0.15) is 5.69 Å². The number of aromatic carboxylic acids is 1. The molecule has 0 fully saturated rings. The van der Waals surface area contributed by atoms with Gasteiger partial charge in [-0.3, -0.25) is 4.79 Å². The highest BCUT2D eigenvalue weighted by Gasteiger charge is 2.15. The van der Waals surface area contributed by atoms with Gasteiger partial charge in [0.05, 0.1) is 5.52 Å². The van der Waals surface area contributed by atoms with Gasteiger partial charge in [0.25, 0.3) is 0 Å². The van der Waals surface area contributed by atoms with Crippen molar-refractivity contribution in [1.82, 2.24) is 4.57 Å². The fraction of sp³-hybridized carbons (Fsp3) is 0.231. The molecule has 2 rings (SSSR count). The van der Waals surface area contributed by atoms with Gasteiger partial charge in [0.15, 0.2) is 5.43 Å². The van der Waals surface area contributed by atoms with E-state index in [0.29, 0.717) is 10.9 Å². The zero-order valence-electron chi connectivity index (χ0n) is 9.68. The maximum absolute atomic E-state index is 11.8.